The minimum Gasteiger partial charge on any atom is -0.490 e. The Hall–Kier alpha value is -2.08. The van der Waals surface area contributed by atoms with Gasteiger partial charge in [0.1, 0.15) is 12.4 Å². The Balaban J connectivity index is 2.21. The summed E-state index contributed by atoms with van der Waals surface area (Å²) in [7, 11) is 0. The fourth-order valence-corrected chi connectivity index (χ4v) is 2.66. The van der Waals surface area contributed by atoms with E-state index in [0.717, 1.165) is 12.0 Å². The van der Waals surface area contributed by atoms with E-state index >= 15 is 0 Å². The van der Waals surface area contributed by atoms with Gasteiger partial charge in [-0.15, -0.1) is 0 Å². The quantitative estimate of drug-likeness (QED) is 0.823. The van der Waals surface area contributed by atoms with Crippen LogP contribution in [0, 0.1) is 5.92 Å². The Morgan fingerprint density at radius 3 is 2.50 bits per heavy atom. The van der Waals surface area contributed by atoms with Crippen LogP contribution in [0.15, 0.2) is 36.8 Å². The second kappa shape index (κ2) is 7.66. The van der Waals surface area contributed by atoms with Gasteiger partial charge in [0.2, 0.25) is 0 Å². The van der Waals surface area contributed by atoms with Crippen LogP contribution in [-0.4, -0.2) is 22.1 Å². The van der Waals surface area contributed by atoms with E-state index < -0.39 is 12.0 Å². The second-order valence-electron chi connectivity index (χ2n) is 6.68. The molecule has 0 fully saturated rings. The van der Waals surface area contributed by atoms with Crippen molar-refractivity contribution in [3.8, 4) is 17.0 Å². The van der Waals surface area contributed by atoms with Gasteiger partial charge in [-0.2, -0.15) is 0 Å². The zero-order chi connectivity index (χ0) is 17.7. The van der Waals surface area contributed by atoms with Gasteiger partial charge in [-0.1, -0.05) is 13.8 Å². The highest BCUT2D eigenvalue weighted by atomic mass is 19.3. The first kappa shape index (κ1) is 18.3. The maximum absolute atomic E-state index is 13.4. The molecule has 0 bridgehead atoms. The molecule has 0 radical (unpaired) electrons. The number of pyridine rings is 2. The number of alkyl halides is 2. The topological polar surface area (TPSA) is 61.0 Å². The van der Waals surface area contributed by atoms with E-state index in [4.69, 9.17) is 10.5 Å². The van der Waals surface area contributed by atoms with Crippen molar-refractivity contribution in [2.75, 3.05) is 6.61 Å². The zero-order valence-electron chi connectivity index (χ0n) is 14.2. The molecule has 4 nitrogen and oxygen atoms in total. The summed E-state index contributed by atoms with van der Waals surface area (Å²) in [5.41, 5.74) is 6.58. The Morgan fingerprint density at radius 2 is 1.92 bits per heavy atom. The number of aromatic nitrogens is 2. The van der Waals surface area contributed by atoms with Gasteiger partial charge in [-0.05, 0) is 37.5 Å². The van der Waals surface area contributed by atoms with Crippen LogP contribution in [0.4, 0.5) is 8.78 Å². The number of halogens is 2. The van der Waals surface area contributed by atoms with E-state index in [9.17, 15) is 8.78 Å². The standard InChI is InChI=1S/C18H23F2N3O/c1-12(2)9-18(3,21)11-24-16-10-23-15(8-14(16)17(19)20)13-4-6-22-7-5-13/h4-8,10,12,17H,9,11,21H2,1-3H3. The van der Waals surface area contributed by atoms with Crippen molar-refractivity contribution in [2.45, 2.75) is 39.2 Å². The van der Waals surface area contributed by atoms with E-state index in [-0.39, 0.29) is 17.9 Å². The highest BCUT2D eigenvalue weighted by Crippen LogP contribution is 2.32. The number of nitrogens with two attached hydrogens (primary N) is 1. The maximum Gasteiger partial charge on any atom is 0.267 e. The molecule has 2 aromatic rings. The third-order valence-electron chi connectivity index (χ3n) is 3.54. The van der Waals surface area contributed by atoms with Gasteiger partial charge >= 0.3 is 0 Å². The minimum absolute atomic E-state index is 0.0724. The van der Waals surface area contributed by atoms with E-state index in [0.29, 0.717) is 11.6 Å². The number of ether oxygens (including phenoxy) is 1. The molecule has 2 N–H and O–H groups in total. The van der Waals surface area contributed by atoms with Crippen molar-refractivity contribution in [1.29, 1.82) is 0 Å². The van der Waals surface area contributed by atoms with Crippen LogP contribution in [0.5, 0.6) is 5.75 Å². The Kier molecular flexibility index (Phi) is 5.83. The SMILES string of the molecule is CC(C)CC(C)(N)COc1cnc(-c2ccncc2)cc1C(F)F. The van der Waals surface area contributed by atoms with Gasteiger partial charge in [0.05, 0.1) is 17.5 Å². The number of rotatable bonds is 7. The van der Waals surface area contributed by atoms with Crippen LogP contribution in [0.2, 0.25) is 0 Å². The second-order valence-corrected chi connectivity index (χ2v) is 6.68. The largest absolute Gasteiger partial charge is 0.490 e. The fraction of sp³-hybridized carbons (Fsp3) is 0.444. The molecule has 24 heavy (non-hydrogen) atoms. The Morgan fingerprint density at radius 1 is 1.25 bits per heavy atom. The molecule has 1 unspecified atom stereocenters. The third kappa shape index (κ3) is 4.96. The van der Waals surface area contributed by atoms with Gasteiger partial charge in [0, 0.05) is 23.5 Å². The molecule has 130 valence electrons. The van der Waals surface area contributed by atoms with Crippen LogP contribution >= 0.6 is 0 Å². The summed E-state index contributed by atoms with van der Waals surface area (Å²) in [6, 6.07) is 4.79. The van der Waals surface area contributed by atoms with Crippen molar-refractivity contribution in [1.82, 2.24) is 9.97 Å². The predicted molar refractivity (Wildman–Crippen MR) is 90.0 cm³/mol. The summed E-state index contributed by atoms with van der Waals surface area (Å²) < 4.78 is 32.4. The molecule has 2 rings (SSSR count). The lowest BCUT2D eigenvalue weighted by molar-refractivity contribution is 0.139. The smallest absolute Gasteiger partial charge is 0.267 e. The molecule has 0 spiro atoms. The molecule has 0 aromatic carbocycles. The summed E-state index contributed by atoms with van der Waals surface area (Å²) in [6.45, 7) is 6.12. The normalized spacial score (nSPS) is 14.0. The number of hydrogen-bond acceptors (Lipinski definition) is 4. The summed E-state index contributed by atoms with van der Waals surface area (Å²) >= 11 is 0. The van der Waals surface area contributed by atoms with Crippen LogP contribution in [-0.2, 0) is 0 Å². The van der Waals surface area contributed by atoms with Crippen LogP contribution in [0.3, 0.4) is 0 Å². The Labute approximate surface area is 141 Å². The first-order chi connectivity index (χ1) is 11.3. The summed E-state index contributed by atoms with van der Waals surface area (Å²) in [4.78, 5) is 8.14. The van der Waals surface area contributed by atoms with Gasteiger partial charge in [-0.3, -0.25) is 9.97 Å². The van der Waals surface area contributed by atoms with Crippen LogP contribution < -0.4 is 10.5 Å². The average molecular weight is 335 g/mol. The molecule has 0 aliphatic rings. The Bertz CT molecular complexity index is 661. The van der Waals surface area contributed by atoms with Crippen LogP contribution in [0.25, 0.3) is 11.3 Å². The summed E-state index contributed by atoms with van der Waals surface area (Å²) in [5.74, 6) is 0.466. The first-order valence-electron chi connectivity index (χ1n) is 7.88. The molecular weight excluding hydrogens is 312 g/mol. The fourth-order valence-electron chi connectivity index (χ4n) is 2.66. The lowest BCUT2D eigenvalue weighted by atomic mass is 9.93. The molecule has 0 amide bonds. The highest BCUT2D eigenvalue weighted by molar-refractivity contribution is 5.60. The molecule has 6 heteroatoms. The van der Waals surface area contributed by atoms with Crippen molar-refractivity contribution >= 4 is 0 Å². The van der Waals surface area contributed by atoms with Gasteiger partial charge in [0.25, 0.3) is 6.43 Å². The summed E-state index contributed by atoms with van der Waals surface area (Å²) in [5, 5.41) is 0. The number of nitrogens with zero attached hydrogens (tertiary/aromatic N) is 2. The molecule has 2 heterocycles. The third-order valence-corrected chi connectivity index (χ3v) is 3.54. The predicted octanol–water partition coefficient (Wildman–Crippen LogP) is 4.22. The molecule has 2 aromatic heterocycles. The van der Waals surface area contributed by atoms with Gasteiger partial charge < -0.3 is 10.5 Å². The maximum atomic E-state index is 13.4. The lowest BCUT2D eigenvalue weighted by Crippen LogP contribution is -2.43. The average Bonchev–Trinajstić information content (AvgIpc) is 2.52. The minimum atomic E-state index is -2.65. The lowest BCUT2D eigenvalue weighted by Gasteiger charge is -2.27. The molecular formula is C18H23F2N3O. The summed E-state index contributed by atoms with van der Waals surface area (Å²) in [6.07, 6.45) is 2.60. The molecule has 0 aliphatic carbocycles. The van der Waals surface area contributed by atoms with Crippen LogP contribution in [0.1, 0.15) is 39.2 Å². The van der Waals surface area contributed by atoms with E-state index in [2.05, 4.69) is 23.8 Å². The van der Waals surface area contributed by atoms with Gasteiger partial charge in [0.15, 0.2) is 0 Å². The van der Waals surface area contributed by atoms with E-state index in [1.165, 1.54) is 12.3 Å². The van der Waals surface area contributed by atoms with Crippen molar-refractivity contribution in [3.63, 3.8) is 0 Å². The van der Waals surface area contributed by atoms with Crippen molar-refractivity contribution in [3.05, 3.63) is 42.4 Å². The van der Waals surface area contributed by atoms with E-state index in [1.54, 1.807) is 24.5 Å². The molecule has 1 atom stereocenters. The zero-order valence-corrected chi connectivity index (χ0v) is 14.2. The highest BCUT2D eigenvalue weighted by Gasteiger charge is 2.23. The monoisotopic (exact) mass is 335 g/mol. The molecule has 0 saturated heterocycles. The first-order valence-corrected chi connectivity index (χ1v) is 7.88. The molecule has 0 saturated carbocycles. The molecule has 0 aliphatic heterocycles. The van der Waals surface area contributed by atoms with Crippen molar-refractivity contribution < 1.29 is 13.5 Å². The number of hydrogen-bond donors (Lipinski definition) is 1. The van der Waals surface area contributed by atoms with E-state index in [1.807, 2.05) is 6.92 Å². The van der Waals surface area contributed by atoms with Gasteiger partial charge in [-0.25, -0.2) is 8.78 Å². The van der Waals surface area contributed by atoms with Crippen molar-refractivity contribution in [2.24, 2.45) is 11.7 Å².